The summed E-state index contributed by atoms with van der Waals surface area (Å²) >= 11 is 0. The van der Waals surface area contributed by atoms with Crippen molar-refractivity contribution in [3.05, 3.63) is 224 Å². The summed E-state index contributed by atoms with van der Waals surface area (Å²) in [6, 6.07) is 58.3. The lowest BCUT2D eigenvalue weighted by Crippen LogP contribution is -2.00. The molecule has 0 amide bonds. The van der Waals surface area contributed by atoms with E-state index in [4.69, 9.17) is 24.5 Å². The number of hydrogen-bond donors (Lipinski definition) is 0. The molecule has 3 heteroatoms. The van der Waals surface area contributed by atoms with Gasteiger partial charge in [-0.25, -0.2) is 15.0 Å². The number of hydrogen-bond acceptors (Lipinski definition) is 3. The summed E-state index contributed by atoms with van der Waals surface area (Å²) < 4.78 is 60.6. The molecule has 1 aromatic heterocycles. The Morgan fingerprint density at radius 2 is 0.750 bits per heavy atom. The van der Waals surface area contributed by atoms with Crippen LogP contribution in [-0.4, -0.2) is 15.0 Å². The summed E-state index contributed by atoms with van der Waals surface area (Å²) in [5, 5.41) is 4.30. The molecule has 0 unspecified atom stereocenters. The lowest BCUT2D eigenvalue weighted by molar-refractivity contribution is 1.07. The van der Waals surface area contributed by atoms with Gasteiger partial charge >= 0.3 is 0 Å². The molecule has 0 spiro atoms. The molecule has 0 aliphatic carbocycles. The van der Waals surface area contributed by atoms with Crippen molar-refractivity contribution < 1.29 is 9.60 Å². The van der Waals surface area contributed by atoms with Crippen molar-refractivity contribution in [3.8, 4) is 78.7 Å². The maximum Gasteiger partial charge on any atom is 0.164 e. The second kappa shape index (κ2) is 15.1. The number of fused-ring (bicyclic) bond motifs is 3. The van der Waals surface area contributed by atoms with Crippen molar-refractivity contribution in [3.63, 3.8) is 0 Å². The van der Waals surface area contributed by atoms with E-state index in [9.17, 15) is 0 Å². The van der Waals surface area contributed by atoms with E-state index in [-0.39, 0.29) is 28.4 Å². The summed E-state index contributed by atoms with van der Waals surface area (Å²) in [6.07, 6.45) is 0. The van der Waals surface area contributed by atoms with Crippen LogP contribution in [0.3, 0.4) is 0 Å². The van der Waals surface area contributed by atoms with Gasteiger partial charge in [-0.1, -0.05) is 206 Å². The first-order valence-corrected chi connectivity index (χ1v) is 19.8. The van der Waals surface area contributed by atoms with Crippen LogP contribution in [0.1, 0.15) is 9.60 Å². The molecule has 11 rings (SSSR count). The molecule has 10 aromatic carbocycles. The second-order valence-corrected chi connectivity index (χ2v) is 14.7. The van der Waals surface area contributed by atoms with Gasteiger partial charge in [-0.3, -0.25) is 0 Å². The van der Waals surface area contributed by atoms with Crippen LogP contribution in [0.15, 0.2) is 224 Å². The molecule has 0 aliphatic heterocycles. The third-order valence-electron chi connectivity index (χ3n) is 11.0. The Morgan fingerprint density at radius 3 is 1.45 bits per heavy atom. The molecule has 0 N–H and O–H groups in total. The van der Waals surface area contributed by atoms with Crippen molar-refractivity contribution in [1.29, 1.82) is 0 Å². The number of aromatic nitrogens is 3. The summed E-state index contributed by atoms with van der Waals surface area (Å²) in [5.41, 5.74) is 9.37. The van der Waals surface area contributed by atoms with Gasteiger partial charge in [-0.2, -0.15) is 0 Å². The predicted octanol–water partition coefficient (Wildman–Crippen LogP) is 15.0. The Bertz CT molecular complexity index is 3760. The Morgan fingerprint density at radius 1 is 0.267 bits per heavy atom. The van der Waals surface area contributed by atoms with E-state index in [2.05, 4.69) is 115 Å². The van der Waals surface area contributed by atoms with Crippen LogP contribution >= 0.6 is 0 Å². The van der Waals surface area contributed by atoms with Gasteiger partial charge in [-0.05, 0) is 95.0 Å². The third kappa shape index (κ3) is 6.58. The average molecular weight is 771 g/mol. The van der Waals surface area contributed by atoms with Crippen LogP contribution in [0.4, 0.5) is 0 Å². The lowest BCUT2D eigenvalue weighted by Gasteiger charge is -2.13. The molecule has 11 aromatic rings. The monoisotopic (exact) mass is 770 g/mol. The van der Waals surface area contributed by atoms with Gasteiger partial charge in [0.2, 0.25) is 0 Å². The highest BCUT2D eigenvalue weighted by atomic mass is 15.0. The van der Waals surface area contributed by atoms with Gasteiger partial charge < -0.3 is 0 Å². The maximum absolute atomic E-state index is 9.02. The molecule has 0 radical (unpaired) electrons. The fourth-order valence-electron chi connectivity index (χ4n) is 8.02. The molecule has 280 valence electrons. The standard InChI is InChI=1S/C57H37N3/c1-3-13-38(14-4-1)43-29-30-45-36-48(32-31-44(45)35-43)57-59-55(58-56(60-57)47-20-11-19-46(37-47)50-24-12-18-40-17-7-8-21-49(40)50)42-27-25-41(26-28-42)52-34-33-51(39-15-5-2-6-16-39)53-22-9-10-23-54(52)53/h1-37H/i7D,8D,12D,17D,18D,21D,24D. The molecule has 0 fully saturated rings. The van der Waals surface area contributed by atoms with Crippen LogP contribution in [0.5, 0.6) is 0 Å². The van der Waals surface area contributed by atoms with Crippen molar-refractivity contribution in [2.24, 2.45) is 0 Å². The fraction of sp³-hybridized carbons (Fsp3) is 0. The Labute approximate surface area is 358 Å². The maximum atomic E-state index is 9.02. The van der Waals surface area contributed by atoms with E-state index in [0.29, 0.717) is 28.6 Å². The molecular weight excluding hydrogens is 727 g/mol. The normalized spacial score (nSPS) is 13.0. The summed E-state index contributed by atoms with van der Waals surface area (Å²) in [7, 11) is 0. The first kappa shape index (κ1) is 28.4. The fourth-order valence-corrected chi connectivity index (χ4v) is 8.02. The van der Waals surface area contributed by atoms with Crippen LogP contribution in [0.2, 0.25) is 0 Å². The first-order valence-electron chi connectivity index (χ1n) is 23.3. The molecule has 60 heavy (non-hydrogen) atoms. The number of rotatable bonds is 7. The van der Waals surface area contributed by atoms with Crippen molar-refractivity contribution in [2.45, 2.75) is 0 Å². The molecule has 0 aliphatic rings. The molecular formula is C57H37N3. The van der Waals surface area contributed by atoms with Crippen LogP contribution in [0.25, 0.3) is 111 Å². The second-order valence-electron chi connectivity index (χ2n) is 14.7. The van der Waals surface area contributed by atoms with Gasteiger partial charge in [0, 0.05) is 16.7 Å². The molecule has 0 saturated carbocycles. The largest absolute Gasteiger partial charge is 0.208 e. The van der Waals surface area contributed by atoms with Gasteiger partial charge in [0.15, 0.2) is 17.5 Å². The third-order valence-corrected chi connectivity index (χ3v) is 11.0. The van der Waals surface area contributed by atoms with E-state index in [1.807, 2.05) is 48.5 Å². The van der Waals surface area contributed by atoms with Gasteiger partial charge in [0.05, 0.1) is 9.60 Å². The quantitative estimate of drug-likeness (QED) is 0.162. The number of benzene rings is 10. The van der Waals surface area contributed by atoms with E-state index in [1.54, 1.807) is 18.2 Å². The zero-order chi connectivity index (χ0) is 45.9. The van der Waals surface area contributed by atoms with Crippen LogP contribution in [-0.2, 0) is 0 Å². The highest BCUT2D eigenvalue weighted by Gasteiger charge is 2.16. The minimum atomic E-state index is -0.499. The van der Waals surface area contributed by atoms with E-state index in [0.717, 1.165) is 60.5 Å². The molecule has 0 atom stereocenters. The Hall–Kier alpha value is -8.01. The number of nitrogens with zero attached hydrogens (tertiary/aromatic N) is 3. The summed E-state index contributed by atoms with van der Waals surface area (Å²) in [4.78, 5) is 15.2. The molecule has 3 nitrogen and oxygen atoms in total. The Kier molecular flexibility index (Phi) is 7.13. The zero-order valence-corrected chi connectivity index (χ0v) is 32.2. The molecule has 0 saturated heterocycles. The highest BCUT2D eigenvalue weighted by Crippen LogP contribution is 2.37. The van der Waals surface area contributed by atoms with Crippen molar-refractivity contribution in [2.75, 3.05) is 0 Å². The van der Waals surface area contributed by atoms with Crippen molar-refractivity contribution in [1.82, 2.24) is 15.0 Å². The predicted molar refractivity (Wildman–Crippen MR) is 250 cm³/mol. The SMILES string of the molecule is [2H]c1c([2H])c([2H])c2c(-c3cccc(-c4nc(-c5ccc(-c6ccc(-c7ccccc7)c7ccccc67)cc5)nc(-c5ccc6cc(-c7ccccc7)ccc6c5)n4)c3)c([2H])c([2H])c([2H])c2c1[2H]. The Balaban J connectivity index is 1.05. The van der Waals surface area contributed by atoms with Crippen LogP contribution in [0, 0.1) is 0 Å². The van der Waals surface area contributed by atoms with Gasteiger partial charge in [0.1, 0.15) is 0 Å². The minimum absolute atomic E-state index is 0.0142. The van der Waals surface area contributed by atoms with E-state index in [1.165, 1.54) is 5.56 Å². The minimum Gasteiger partial charge on any atom is -0.208 e. The lowest BCUT2D eigenvalue weighted by atomic mass is 9.92. The smallest absolute Gasteiger partial charge is 0.164 e. The summed E-state index contributed by atoms with van der Waals surface area (Å²) in [5.74, 6) is 1.22. The summed E-state index contributed by atoms with van der Waals surface area (Å²) in [6.45, 7) is 0. The molecule has 0 bridgehead atoms. The van der Waals surface area contributed by atoms with Crippen molar-refractivity contribution >= 4 is 32.3 Å². The first-order chi connectivity index (χ1) is 32.6. The average Bonchev–Trinajstić information content (AvgIpc) is 3.38. The van der Waals surface area contributed by atoms with Crippen LogP contribution < -0.4 is 0 Å². The van der Waals surface area contributed by atoms with Gasteiger partial charge in [0.25, 0.3) is 0 Å². The van der Waals surface area contributed by atoms with E-state index >= 15 is 0 Å². The topological polar surface area (TPSA) is 38.7 Å². The van der Waals surface area contributed by atoms with E-state index < -0.39 is 30.2 Å². The molecule has 1 heterocycles. The zero-order valence-electron chi connectivity index (χ0n) is 39.2. The highest BCUT2D eigenvalue weighted by molar-refractivity contribution is 6.05. The van der Waals surface area contributed by atoms with Gasteiger partial charge in [-0.15, -0.1) is 0 Å².